The predicted molar refractivity (Wildman–Crippen MR) is 77.5 cm³/mol. The molecule has 0 amide bonds. The van der Waals surface area contributed by atoms with Crippen molar-refractivity contribution in [3.8, 4) is 6.07 Å². The Hall–Kier alpha value is -2.34. The van der Waals surface area contributed by atoms with Gasteiger partial charge in [-0.2, -0.15) is 5.26 Å². The van der Waals surface area contributed by atoms with Crippen molar-refractivity contribution in [2.75, 3.05) is 5.32 Å². The Morgan fingerprint density at radius 3 is 2.74 bits per heavy atom. The van der Waals surface area contributed by atoms with Crippen LogP contribution in [-0.2, 0) is 0 Å². The lowest BCUT2D eigenvalue weighted by Gasteiger charge is -2.11. The number of hydrogen-bond acceptors (Lipinski definition) is 3. The highest BCUT2D eigenvalue weighted by Gasteiger charge is 2.07. The molecule has 0 saturated carbocycles. The van der Waals surface area contributed by atoms with Gasteiger partial charge in [0, 0.05) is 11.9 Å². The molecule has 0 aliphatic rings. The normalized spacial score (nSPS) is 10.3. The van der Waals surface area contributed by atoms with Crippen LogP contribution in [0.2, 0.25) is 0 Å². The fourth-order valence-electron chi connectivity index (χ4n) is 1.91. The Kier molecular flexibility index (Phi) is 3.82. The second kappa shape index (κ2) is 5.53. The number of aryl methyl sites for hydroxylation is 1. The fraction of sp³-hybridized carbons (Fsp3) is 0.250. The van der Waals surface area contributed by atoms with Crippen molar-refractivity contribution in [1.29, 1.82) is 5.26 Å². The van der Waals surface area contributed by atoms with E-state index in [0.717, 1.165) is 11.3 Å². The number of rotatable bonds is 3. The minimum absolute atomic E-state index is 0.475. The Balaban J connectivity index is 2.34. The largest absolute Gasteiger partial charge is 0.339 e. The predicted octanol–water partition coefficient (Wildman–Crippen LogP) is 4.13. The van der Waals surface area contributed by atoms with Crippen molar-refractivity contribution < 1.29 is 0 Å². The summed E-state index contributed by atoms with van der Waals surface area (Å²) >= 11 is 0. The second-order valence-corrected chi connectivity index (χ2v) is 4.87. The minimum atomic E-state index is 0.475. The van der Waals surface area contributed by atoms with Gasteiger partial charge in [0.15, 0.2) is 0 Å². The molecule has 0 atom stereocenters. The van der Waals surface area contributed by atoms with Crippen LogP contribution in [0.25, 0.3) is 0 Å². The zero-order valence-corrected chi connectivity index (χ0v) is 11.4. The lowest BCUT2D eigenvalue weighted by Crippen LogP contribution is -1.99. The Morgan fingerprint density at radius 2 is 2.05 bits per heavy atom. The van der Waals surface area contributed by atoms with Gasteiger partial charge in [-0.1, -0.05) is 26.0 Å². The zero-order chi connectivity index (χ0) is 13.8. The summed E-state index contributed by atoms with van der Waals surface area (Å²) in [6.07, 6.45) is 1.71. The van der Waals surface area contributed by atoms with Crippen LogP contribution < -0.4 is 5.32 Å². The maximum absolute atomic E-state index is 9.19. The van der Waals surface area contributed by atoms with Crippen LogP contribution in [0.15, 0.2) is 36.5 Å². The number of hydrogen-bond donors (Lipinski definition) is 1. The molecule has 0 aliphatic heterocycles. The molecule has 3 heteroatoms. The van der Waals surface area contributed by atoms with E-state index in [1.54, 1.807) is 6.20 Å². The average molecular weight is 251 g/mol. The van der Waals surface area contributed by atoms with Gasteiger partial charge in [-0.15, -0.1) is 0 Å². The smallest absolute Gasteiger partial charge is 0.148 e. The third-order valence-corrected chi connectivity index (χ3v) is 3.09. The first-order chi connectivity index (χ1) is 9.11. The molecule has 0 fully saturated rings. The van der Waals surface area contributed by atoms with Gasteiger partial charge in [0.2, 0.25) is 0 Å². The summed E-state index contributed by atoms with van der Waals surface area (Å²) < 4.78 is 0. The van der Waals surface area contributed by atoms with Gasteiger partial charge in [-0.25, -0.2) is 4.98 Å². The number of nitriles is 1. The maximum Gasteiger partial charge on any atom is 0.148 e. The summed E-state index contributed by atoms with van der Waals surface area (Å²) in [5.74, 6) is 1.09. The molecule has 0 saturated heterocycles. The molecule has 0 radical (unpaired) electrons. The van der Waals surface area contributed by atoms with E-state index < -0.39 is 0 Å². The third-order valence-electron chi connectivity index (χ3n) is 3.09. The van der Waals surface area contributed by atoms with Crippen LogP contribution in [0.4, 0.5) is 11.5 Å². The third kappa shape index (κ3) is 2.92. The quantitative estimate of drug-likeness (QED) is 0.892. The summed E-state index contributed by atoms with van der Waals surface area (Å²) in [5.41, 5.74) is 3.74. The van der Waals surface area contributed by atoms with Crippen molar-refractivity contribution in [2.45, 2.75) is 26.7 Å². The Morgan fingerprint density at radius 1 is 1.26 bits per heavy atom. The molecular formula is C16H17N3. The van der Waals surface area contributed by atoms with Gasteiger partial charge in [0.25, 0.3) is 0 Å². The first-order valence-corrected chi connectivity index (χ1v) is 6.34. The standard InChI is InChI=1S/C16H17N3/c1-11(2)13-5-4-6-14(9-13)19-16-15(10-17)12(3)7-8-18-16/h4-9,11H,1-3H3,(H,18,19). The summed E-state index contributed by atoms with van der Waals surface area (Å²) in [5, 5.41) is 12.4. The van der Waals surface area contributed by atoms with Gasteiger partial charge in [0.1, 0.15) is 11.9 Å². The van der Waals surface area contributed by atoms with Gasteiger partial charge in [-0.3, -0.25) is 0 Å². The first-order valence-electron chi connectivity index (χ1n) is 6.34. The highest BCUT2D eigenvalue weighted by atomic mass is 15.0. The van der Waals surface area contributed by atoms with E-state index in [0.29, 0.717) is 17.3 Å². The van der Waals surface area contributed by atoms with E-state index in [2.05, 4.69) is 42.4 Å². The number of pyridine rings is 1. The SMILES string of the molecule is Cc1ccnc(Nc2cccc(C(C)C)c2)c1C#N. The average Bonchev–Trinajstić information content (AvgIpc) is 2.39. The molecule has 0 unspecified atom stereocenters. The maximum atomic E-state index is 9.19. The highest BCUT2D eigenvalue weighted by molar-refractivity contribution is 5.64. The molecule has 2 rings (SSSR count). The van der Waals surface area contributed by atoms with Crippen molar-refractivity contribution in [3.63, 3.8) is 0 Å². The van der Waals surface area contributed by atoms with Crippen LogP contribution in [0.1, 0.15) is 36.5 Å². The van der Waals surface area contributed by atoms with E-state index in [1.807, 2.05) is 25.1 Å². The van der Waals surface area contributed by atoms with Crippen LogP contribution >= 0.6 is 0 Å². The van der Waals surface area contributed by atoms with E-state index >= 15 is 0 Å². The fourth-order valence-corrected chi connectivity index (χ4v) is 1.91. The molecule has 1 N–H and O–H groups in total. The Bertz CT molecular complexity index is 624. The van der Waals surface area contributed by atoms with Crippen LogP contribution in [0.3, 0.4) is 0 Å². The van der Waals surface area contributed by atoms with E-state index in [4.69, 9.17) is 0 Å². The molecule has 1 aromatic heterocycles. The van der Waals surface area contributed by atoms with Gasteiger partial charge in [-0.05, 0) is 42.2 Å². The Labute approximate surface area is 113 Å². The number of aromatic nitrogens is 1. The van der Waals surface area contributed by atoms with E-state index in [1.165, 1.54) is 5.56 Å². The lowest BCUT2D eigenvalue weighted by atomic mass is 10.0. The number of anilines is 2. The summed E-state index contributed by atoms with van der Waals surface area (Å²) in [6, 6.07) is 12.2. The van der Waals surface area contributed by atoms with Crippen molar-refractivity contribution in [3.05, 3.63) is 53.2 Å². The molecular weight excluding hydrogens is 234 g/mol. The summed E-state index contributed by atoms with van der Waals surface area (Å²) in [7, 11) is 0. The van der Waals surface area contributed by atoms with Gasteiger partial charge >= 0.3 is 0 Å². The molecule has 0 bridgehead atoms. The summed E-state index contributed by atoms with van der Waals surface area (Å²) in [4.78, 5) is 4.25. The number of benzene rings is 1. The van der Waals surface area contributed by atoms with Crippen LogP contribution in [-0.4, -0.2) is 4.98 Å². The topological polar surface area (TPSA) is 48.7 Å². The van der Waals surface area contributed by atoms with Crippen molar-refractivity contribution in [1.82, 2.24) is 4.98 Å². The minimum Gasteiger partial charge on any atom is -0.339 e. The molecule has 96 valence electrons. The van der Waals surface area contributed by atoms with Gasteiger partial charge in [0.05, 0.1) is 5.56 Å². The molecule has 19 heavy (non-hydrogen) atoms. The van der Waals surface area contributed by atoms with Crippen molar-refractivity contribution in [2.24, 2.45) is 0 Å². The molecule has 0 spiro atoms. The molecule has 0 aliphatic carbocycles. The number of nitrogens with one attached hydrogen (secondary N) is 1. The van der Waals surface area contributed by atoms with Crippen molar-refractivity contribution >= 4 is 11.5 Å². The highest BCUT2D eigenvalue weighted by Crippen LogP contribution is 2.23. The molecule has 2 aromatic rings. The van der Waals surface area contributed by atoms with E-state index in [-0.39, 0.29) is 0 Å². The lowest BCUT2D eigenvalue weighted by molar-refractivity contribution is 0.867. The molecule has 3 nitrogen and oxygen atoms in total. The summed E-state index contributed by atoms with van der Waals surface area (Å²) in [6.45, 7) is 6.23. The number of nitrogens with zero attached hydrogens (tertiary/aromatic N) is 2. The van der Waals surface area contributed by atoms with Crippen LogP contribution in [0.5, 0.6) is 0 Å². The molecule has 1 aromatic carbocycles. The molecule has 1 heterocycles. The zero-order valence-electron chi connectivity index (χ0n) is 11.4. The van der Waals surface area contributed by atoms with Crippen LogP contribution in [0, 0.1) is 18.3 Å². The second-order valence-electron chi connectivity index (χ2n) is 4.87. The van der Waals surface area contributed by atoms with Gasteiger partial charge < -0.3 is 5.32 Å². The monoisotopic (exact) mass is 251 g/mol. The first kappa shape index (κ1) is 13.1. The van der Waals surface area contributed by atoms with E-state index in [9.17, 15) is 5.26 Å².